The Morgan fingerprint density at radius 1 is 0.536 bits per heavy atom. The third-order valence-corrected chi connectivity index (χ3v) is 13.2. The molecule has 10 heteroatoms. The fourth-order valence-electron chi connectivity index (χ4n) is 10.2. The van der Waals surface area contributed by atoms with Gasteiger partial charge in [-0.1, -0.05) is 36.4 Å². The van der Waals surface area contributed by atoms with Gasteiger partial charge in [-0.15, -0.1) is 0 Å². The van der Waals surface area contributed by atoms with Gasteiger partial charge in [0, 0.05) is 60.2 Å². The Balaban J connectivity index is 0.000000146. The molecule has 0 aliphatic carbocycles. The first-order chi connectivity index (χ1) is 27.4. The molecule has 10 rings (SSSR count). The molecule has 4 aromatic carbocycles. The first-order valence-corrected chi connectivity index (χ1v) is 20.3. The van der Waals surface area contributed by atoms with Crippen molar-refractivity contribution in [3.63, 3.8) is 0 Å². The summed E-state index contributed by atoms with van der Waals surface area (Å²) in [6, 6.07) is 30.9. The fourth-order valence-corrected chi connectivity index (χ4v) is 10.2. The Hall–Kier alpha value is -5.06. The Labute approximate surface area is 329 Å². The molecule has 4 N–H and O–H groups in total. The lowest BCUT2D eigenvalue weighted by Crippen LogP contribution is -2.46. The Morgan fingerprint density at radius 2 is 0.946 bits per heavy atom. The van der Waals surface area contributed by atoms with Crippen LogP contribution in [-0.4, -0.2) is 63.4 Å². The summed E-state index contributed by atoms with van der Waals surface area (Å²) in [6.07, 6.45) is 7.18. The highest BCUT2D eigenvalue weighted by molar-refractivity contribution is 5.99. The lowest BCUT2D eigenvalue weighted by atomic mass is 9.77. The average Bonchev–Trinajstić information content (AvgIpc) is 4.03. The van der Waals surface area contributed by atoms with Crippen LogP contribution in [0.4, 0.5) is 0 Å². The molecule has 292 valence electrons. The molecule has 4 aromatic rings. The van der Waals surface area contributed by atoms with E-state index in [1.165, 1.54) is 36.8 Å². The number of fused-ring (bicyclic) bond motifs is 6. The molecule has 10 nitrogen and oxygen atoms in total. The maximum atomic E-state index is 11.9. The summed E-state index contributed by atoms with van der Waals surface area (Å²) in [5, 5.41) is 13.3. The fraction of sp³-hybridized carbons (Fsp3) is 0.435. The molecule has 6 aliphatic heterocycles. The van der Waals surface area contributed by atoms with Gasteiger partial charge in [0.15, 0.2) is 0 Å². The van der Waals surface area contributed by atoms with Crippen molar-refractivity contribution in [2.45, 2.75) is 87.6 Å². The van der Waals surface area contributed by atoms with Gasteiger partial charge in [0.1, 0.15) is 23.0 Å². The molecule has 8 atom stereocenters. The van der Waals surface area contributed by atoms with Crippen LogP contribution in [0.15, 0.2) is 84.9 Å². The lowest BCUT2D eigenvalue weighted by Gasteiger charge is -2.38. The SMILES string of the molecule is COc1ccc([C@@H]2C[C@H]3CC[C@H](N3)[C@H]2COc2ccc3c(c2)C(=O)NC3)cc1.COc1ccc([C@H]2C[C@H]3CC[C@H](N3)[C@@H]2COc2ccc3c(c2)C(=O)NC3)cc1. The van der Waals surface area contributed by atoms with Gasteiger partial charge in [0.2, 0.25) is 0 Å². The van der Waals surface area contributed by atoms with E-state index in [1.54, 1.807) is 14.2 Å². The van der Waals surface area contributed by atoms with E-state index in [1.807, 2.05) is 36.4 Å². The van der Waals surface area contributed by atoms with Gasteiger partial charge in [-0.25, -0.2) is 0 Å². The standard InChI is InChI=1S/2C23H26N2O3/c2*1-27-17-6-2-14(3-7-17)19-10-16-5-9-22(25-16)21(19)13-28-18-8-4-15-12-24-23(26)20(15)11-18/h2*2-4,6-8,11,16,19,21-22,25H,5,9-10,12-13H2,1H3,(H,24,26)/t16-,19+,21+,22+;16-,19-,21-,22+/m11/s1. The van der Waals surface area contributed by atoms with Crippen molar-refractivity contribution < 1.29 is 28.5 Å². The minimum Gasteiger partial charge on any atom is -0.497 e. The summed E-state index contributed by atoms with van der Waals surface area (Å²) in [6.45, 7) is 2.54. The maximum Gasteiger partial charge on any atom is 0.252 e. The quantitative estimate of drug-likeness (QED) is 0.145. The van der Waals surface area contributed by atoms with Crippen LogP contribution < -0.4 is 40.2 Å². The Bertz CT molecular complexity index is 1910. The van der Waals surface area contributed by atoms with E-state index in [9.17, 15) is 9.59 Å². The molecule has 0 aromatic heterocycles. The predicted octanol–water partition coefficient (Wildman–Crippen LogP) is 6.48. The van der Waals surface area contributed by atoms with Crippen LogP contribution in [0, 0.1) is 11.8 Å². The summed E-state index contributed by atoms with van der Waals surface area (Å²) in [4.78, 5) is 23.9. The molecule has 6 aliphatic rings. The minimum atomic E-state index is -0.00507. The lowest BCUT2D eigenvalue weighted by molar-refractivity contribution is 0.0957. The topological polar surface area (TPSA) is 119 Å². The van der Waals surface area contributed by atoms with Crippen molar-refractivity contribution in [2.24, 2.45) is 11.8 Å². The third-order valence-electron chi connectivity index (χ3n) is 13.2. The zero-order valence-corrected chi connectivity index (χ0v) is 32.2. The molecule has 2 amide bonds. The summed E-state index contributed by atoms with van der Waals surface area (Å²) in [7, 11) is 3.40. The second-order valence-corrected chi connectivity index (χ2v) is 16.3. The zero-order chi connectivity index (χ0) is 38.2. The van der Waals surface area contributed by atoms with E-state index in [0.717, 1.165) is 58.1 Å². The number of methoxy groups -OCH3 is 2. The summed E-state index contributed by atoms with van der Waals surface area (Å²) in [5.74, 6) is 5.11. The van der Waals surface area contributed by atoms with E-state index >= 15 is 0 Å². The van der Waals surface area contributed by atoms with Gasteiger partial charge >= 0.3 is 0 Å². The molecule has 0 unspecified atom stereocenters. The number of nitrogens with one attached hydrogen (secondary N) is 4. The van der Waals surface area contributed by atoms with Gasteiger partial charge < -0.3 is 40.2 Å². The van der Waals surface area contributed by atoms with Crippen molar-refractivity contribution in [1.82, 2.24) is 21.3 Å². The van der Waals surface area contributed by atoms with E-state index in [4.69, 9.17) is 18.9 Å². The Kier molecular flexibility index (Phi) is 10.3. The monoisotopic (exact) mass is 756 g/mol. The highest BCUT2D eigenvalue weighted by atomic mass is 16.5. The van der Waals surface area contributed by atoms with E-state index in [0.29, 0.717) is 74.1 Å². The number of rotatable bonds is 10. The summed E-state index contributed by atoms with van der Waals surface area (Å²) in [5.41, 5.74) is 6.30. The molecule has 0 radical (unpaired) electrons. The Morgan fingerprint density at radius 3 is 1.36 bits per heavy atom. The van der Waals surface area contributed by atoms with Crippen LogP contribution in [0.2, 0.25) is 0 Å². The van der Waals surface area contributed by atoms with E-state index in [-0.39, 0.29) is 11.8 Å². The molecule has 4 saturated heterocycles. The third kappa shape index (κ3) is 7.44. The number of ether oxygens (including phenoxy) is 4. The van der Waals surface area contributed by atoms with Crippen LogP contribution in [0.25, 0.3) is 0 Å². The van der Waals surface area contributed by atoms with Gasteiger partial charge in [-0.2, -0.15) is 0 Å². The molecular weight excluding hydrogens is 705 g/mol. The zero-order valence-electron chi connectivity index (χ0n) is 32.2. The predicted molar refractivity (Wildman–Crippen MR) is 214 cm³/mol. The molecular formula is C46H52N4O6. The van der Waals surface area contributed by atoms with Crippen molar-refractivity contribution in [1.29, 1.82) is 0 Å². The van der Waals surface area contributed by atoms with Crippen molar-refractivity contribution >= 4 is 11.8 Å². The summed E-state index contributed by atoms with van der Waals surface area (Å²) < 4.78 is 23.1. The van der Waals surface area contributed by atoms with Crippen molar-refractivity contribution in [3.05, 3.63) is 118 Å². The highest BCUT2D eigenvalue weighted by Crippen LogP contribution is 2.44. The molecule has 4 bridgehead atoms. The normalized spacial score (nSPS) is 28.0. The first kappa shape index (κ1) is 36.6. The van der Waals surface area contributed by atoms with Crippen LogP contribution in [0.3, 0.4) is 0 Å². The molecule has 56 heavy (non-hydrogen) atoms. The van der Waals surface area contributed by atoms with Crippen molar-refractivity contribution in [2.75, 3.05) is 27.4 Å². The number of amides is 2. The second-order valence-electron chi connectivity index (χ2n) is 16.3. The number of carbonyl (C=O) groups excluding carboxylic acids is 2. The molecule has 0 saturated carbocycles. The largest absolute Gasteiger partial charge is 0.497 e. The van der Waals surface area contributed by atoms with Crippen molar-refractivity contribution in [3.8, 4) is 23.0 Å². The average molecular weight is 757 g/mol. The van der Waals surface area contributed by atoms with Crippen LogP contribution in [-0.2, 0) is 13.1 Å². The summed E-state index contributed by atoms with van der Waals surface area (Å²) >= 11 is 0. The van der Waals surface area contributed by atoms with Crippen LogP contribution >= 0.6 is 0 Å². The van der Waals surface area contributed by atoms with Gasteiger partial charge in [-0.3, -0.25) is 9.59 Å². The van der Waals surface area contributed by atoms with E-state index in [2.05, 4.69) is 69.8 Å². The maximum absolute atomic E-state index is 11.9. The molecule has 6 heterocycles. The number of hydrogen-bond acceptors (Lipinski definition) is 8. The second kappa shape index (κ2) is 15.8. The number of carbonyl (C=O) groups is 2. The molecule has 0 spiro atoms. The smallest absolute Gasteiger partial charge is 0.252 e. The van der Waals surface area contributed by atoms with Crippen LogP contribution in [0.1, 0.15) is 93.3 Å². The number of hydrogen-bond donors (Lipinski definition) is 4. The van der Waals surface area contributed by atoms with E-state index < -0.39 is 0 Å². The van der Waals surface area contributed by atoms with Gasteiger partial charge in [0.05, 0.1) is 27.4 Å². The first-order valence-electron chi connectivity index (χ1n) is 20.3. The number of benzene rings is 4. The van der Waals surface area contributed by atoms with Gasteiger partial charge in [0.25, 0.3) is 11.8 Å². The van der Waals surface area contributed by atoms with Crippen LogP contribution in [0.5, 0.6) is 23.0 Å². The molecule has 4 fully saturated rings. The highest BCUT2D eigenvalue weighted by Gasteiger charge is 2.44. The van der Waals surface area contributed by atoms with Gasteiger partial charge in [-0.05, 0) is 121 Å². The minimum absolute atomic E-state index is 0.00507. The number of piperidine rings is 2.